The highest BCUT2D eigenvalue weighted by atomic mass is 32.1. The summed E-state index contributed by atoms with van der Waals surface area (Å²) in [5.41, 5.74) is 0. The molecular weight excluding hydrogens is 334 g/mol. The fourth-order valence-electron chi connectivity index (χ4n) is 3.25. The van der Waals surface area contributed by atoms with Crippen LogP contribution in [0.15, 0.2) is 42.6 Å². The average molecular weight is 355 g/mol. The van der Waals surface area contributed by atoms with Crippen LogP contribution in [0.2, 0.25) is 0 Å². The highest BCUT2D eigenvalue weighted by Crippen LogP contribution is 2.42. The maximum atomic E-state index is 5.52. The Bertz CT molecular complexity index is 817. The number of anilines is 2. The number of rotatable bonds is 4. The number of ether oxygens (including phenoxy) is 2. The molecular formula is C19H21N3O2S. The van der Waals surface area contributed by atoms with E-state index in [0.29, 0.717) is 0 Å². The number of nitrogens with zero attached hydrogens (tertiary/aromatic N) is 3. The first-order chi connectivity index (χ1) is 12.3. The number of thiophene rings is 1. The van der Waals surface area contributed by atoms with Crippen LogP contribution in [-0.4, -0.2) is 45.4 Å². The van der Waals surface area contributed by atoms with Gasteiger partial charge in [-0.05, 0) is 30.3 Å². The van der Waals surface area contributed by atoms with Gasteiger partial charge < -0.3 is 19.3 Å². The lowest BCUT2D eigenvalue weighted by Crippen LogP contribution is -2.46. The molecule has 1 aromatic carbocycles. The van der Waals surface area contributed by atoms with Crippen LogP contribution in [-0.2, 0) is 0 Å². The van der Waals surface area contributed by atoms with Crippen molar-refractivity contribution in [2.75, 3.05) is 50.2 Å². The van der Waals surface area contributed by atoms with Crippen LogP contribution >= 0.6 is 11.3 Å². The lowest BCUT2D eigenvalue weighted by atomic mass is 10.2. The normalized spacial score (nSPS) is 14.8. The zero-order valence-corrected chi connectivity index (χ0v) is 15.3. The topological polar surface area (TPSA) is 37.8 Å². The molecule has 0 atom stereocenters. The Morgan fingerprint density at radius 1 is 0.920 bits per heavy atom. The van der Waals surface area contributed by atoms with Crippen molar-refractivity contribution < 1.29 is 9.47 Å². The van der Waals surface area contributed by atoms with Crippen LogP contribution in [0.5, 0.6) is 11.5 Å². The molecule has 0 amide bonds. The molecule has 5 nitrogen and oxygen atoms in total. The molecule has 3 heterocycles. The van der Waals surface area contributed by atoms with Crippen LogP contribution in [0, 0.1) is 0 Å². The molecule has 2 aromatic heterocycles. The zero-order valence-electron chi connectivity index (χ0n) is 14.4. The summed E-state index contributed by atoms with van der Waals surface area (Å²) >= 11 is 1.77. The largest absolute Gasteiger partial charge is 0.496 e. The van der Waals surface area contributed by atoms with Crippen molar-refractivity contribution in [3.05, 3.63) is 42.6 Å². The second-order valence-electron chi connectivity index (χ2n) is 5.96. The summed E-state index contributed by atoms with van der Waals surface area (Å²) < 4.78 is 12.2. The van der Waals surface area contributed by atoms with Gasteiger partial charge in [-0.15, -0.1) is 11.3 Å². The number of hydrogen-bond donors (Lipinski definition) is 0. The molecule has 4 rings (SSSR count). The molecule has 0 radical (unpaired) electrons. The van der Waals surface area contributed by atoms with Crippen LogP contribution in [0.4, 0.5) is 10.8 Å². The SMILES string of the molecule is COc1ccc(OC)c2sc(N3CCN(c4ccccn4)CC3)cc12. The van der Waals surface area contributed by atoms with Crippen LogP contribution in [0.25, 0.3) is 10.1 Å². The number of aromatic nitrogens is 1. The number of methoxy groups -OCH3 is 2. The van der Waals surface area contributed by atoms with Gasteiger partial charge in [-0.1, -0.05) is 6.07 Å². The fraction of sp³-hybridized carbons (Fsp3) is 0.316. The Hall–Kier alpha value is -2.47. The highest BCUT2D eigenvalue weighted by Gasteiger charge is 2.21. The van der Waals surface area contributed by atoms with Gasteiger partial charge >= 0.3 is 0 Å². The second-order valence-corrected chi connectivity index (χ2v) is 6.99. The Labute approximate surface area is 151 Å². The third-order valence-corrected chi connectivity index (χ3v) is 5.81. The number of pyridine rings is 1. The first-order valence-corrected chi connectivity index (χ1v) is 9.17. The molecule has 1 fully saturated rings. The van der Waals surface area contributed by atoms with Gasteiger partial charge in [0.15, 0.2) is 0 Å². The van der Waals surface area contributed by atoms with Crippen LogP contribution in [0.1, 0.15) is 0 Å². The average Bonchev–Trinajstić information content (AvgIpc) is 3.13. The monoisotopic (exact) mass is 355 g/mol. The van der Waals surface area contributed by atoms with E-state index in [1.165, 1.54) is 5.00 Å². The third kappa shape index (κ3) is 2.98. The van der Waals surface area contributed by atoms with E-state index in [4.69, 9.17) is 9.47 Å². The van der Waals surface area contributed by atoms with E-state index in [0.717, 1.165) is 53.6 Å². The van der Waals surface area contributed by atoms with Gasteiger partial charge in [0.1, 0.15) is 17.3 Å². The Morgan fingerprint density at radius 3 is 2.32 bits per heavy atom. The molecule has 25 heavy (non-hydrogen) atoms. The first-order valence-electron chi connectivity index (χ1n) is 8.35. The van der Waals surface area contributed by atoms with E-state index < -0.39 is 0 Å². The fourth-order valence-corrected chi connectivity index (χ4v) is 4.47. The summed E-state index contributed by atoms with van der Waals surface area (Å²) in [6.45, 7) is 3.90. The summed E-state index contributed by atoms with van der Waals surface area (Å²) in [6, 6.07) is 12.2. The van der Waals surface area contributed by atoms with Gasteiger partial charge in [0, 0.05) is 37.8 Å². The molecule has 1 saturated heterocycles. The minimum Gasteiger partial charge on any atom is -0.496 e. The minimum atomic E-state index is 0.894. The van der Waals surface area contributed by atoms with Crippen molar-refractivity contribution in [3.63, 3.8) is 0 Å². The Kier molecular flexibility index (Phi) is 4.36. The molecule has 3 aromatic rings. The van der Waals surface area contributed by atoms with Crippen molar-refractivity contribution in [3.8, 4) is 11.5 Å². The molecule has 0 unspecified atom stereocenters. The summed E-state index contributed by atoms with van der Waals surface area (Å²) in [4.78, 5) is 9.23. The van der Waals surface area contributed by atoms with Crippen LogP contribution < -0.4 is 19.3 Å². The van der Waals surface area contributed by atoms with E-state index >= 15 is 0 Å². The Balaban J connectivity index is 1.57. The molecule has 130 valence electrons. The summed E-state index contributed by atoms with van der Waals surface area (Å²) in [6.07, 6.45) is 1.85. The van der Waals surface area contributed by atoms with Crippen molar-refractivity contribution in [1.82, 2.24) is 4.98 Å². The number of piperazine rings is 1. The smallest absolute Gasteiger partial charge is 0.137 e. The molecule has 6 heteroatoms. The molecule has 0 aliphatic carbocycles. The number of hydrogen-bond acceptors (Lipinski definition) is 6. The summed E-state index contributed by atoms with van der Waals surface area (Å²) in [5.74, 6) is 2.85. The van der Waals surface area contributed by atoms with Gasteiger partial charge in [0.2, 0.25) is 0 Å². The van der Waals surface area contributed by atoms with Crippen LogP contribution in [0.3, 0.4) is 0 Å². The van der Waals surface area contributed by atoms with E-state index in [9.17, 15) is 0 Å². The number of benzene rings is 1. The van der Waals surface area contributed by atoms with Gasteiger partial charge in [0.05, 0.1) is 23.9 Å². The van der Waals surface area contributed by atoms with Crippen molar-refractivity contribution in [2.24, 2.45) is 0 Å². The molecule has 1 aliphatic heterocycles. The van der Waals surface area contributed by atoms with E-state index in [1.807, 2.05) is 30.5 Å². The molecule has 0 spiro atoms. The predicted octanol–water partition coefficient (Wildman–Crippen LogP) is 3.64. The maximum Gasteiger partial charge on any atom is 0.137 e. The molecule has 0 saturated carbocycles. The lowest BCUT2D eigenvalue weighted by Gasteiger charge is -2.35. The van der Waals surface area contributed by atoms with E-state index in [-0.39, 0.29) is 0 Å². The lowest BCUT2D eigenvalue weighted by molar-refractivity contribution is 0.411. The predicted molar refractivity (Wildman–Crippen MR) is 104 cm³/mol. The van der Waals surface area contributed by atoms with Gasteiger partial charge in [-0.25, -0.2) is 4.98 Å². The van der Waals surface area contributed by atoms with Gasteiger partial charge in [-0.3, -0.25) is 0 Å². The summed E-state index contributed by atoms with van der Waals surface area (Å²) in [5, 5.41) is 2.38. The molecule has 0 bridgehead atoms. The van der Waals surface area contributed by atoms with Gasteiger partial charge in [-0.2, -0.15) is 0 Å². The Morgan fingerprint density at radius 2 is 1.64 bits per heavy atom. The summed E-state index contributed by atoms with van der Waals surface area (Å²) in [7, 11) is 3.43. The molecule has 1 aliphatic rings. The second kappa shape index (κ2) is 6.80. The maximum absolute atomic E-state index is 5.52. The standard InChI is InChI=1S/C19H21N3O2S/c1-23-15-6-7-16(24-2)19-14(15)13-18(25-19)22-11-9-21(10-12-22)17-5-3-4-8-20-17/h3-8,13H,9-12H2,1-2H3. The van der Waals surface area contributed by atoms with Gasteiger partial charge in [0.25, 0.3) is 0 Å². The van der Waals surface area contributed by atoms with Crippen molar-refractivity contribution in [2.45, 2.75) is 0 Å². The zero-order chi connectivity index (χ0) is 17.2. The minimum absolute atomic E-state index is 0.894. The van der Waals surface area contributed by atoms with E-state index in [2.05, 4.69) is 26.9 Å². The third-order valence-electron chi connectivity index (χ3n) is 4.60. The van der Waals surface area contributed by atoms with E-state index in [1.54, 1.807) is 25.6 Å². The quantitative estimate of drug-likeness (QED) is 0.714. The van der Waals surface area contributed by atoms with Crippen molar-refractivity contribution in [1.29, 1.82) is 0 Å². The molecule has 0 N–H and O–H groups in total. The highest BCUT2D eigenvalue weighted by molar-refractivity contribution is 7.23. The number of fused-ring (bicyclic) bond motifs is 1. The van der Waals surface area contributed by atoms with Crippen molar-refractivity contribution >= 4 is 32.2 Å². The first kappa shape index (κ1) is 16.0.